The quantitative estimate of drug-likeness (QED) is 0.810. The van der Waals surface area contributed by atoms with Gasteiger partial charge in [0.15, 0.2) is 0 Å². The summed E-state index contributed by atoms with van der Waals surface area (Å²) in [5.41, 5.74) is 0.343. The fourth-order valence-corrected chi connectivity index (χ4v) is 2.96. The van der Waals surface area contributed by atoms with Crippen molar-refractivity contribution in [2.45, 2.75) is 45.7 Å². The van der Waals surface area contributed by atoms with Crippen molar-refractivity contribution in [2.75, 3.05) is 33.4 Å². The van der Waals surface area contributed by atoms with Crippen LogP contribution in [0.25, 0.3) is 0 Å². The molecule has 1 aliphatic carbocycles. The highest BCUT2D eigenvalue weighted by Gasteiger charge is 2.40. The van der Waals surface area contributed by atoms with E-state index in [2.05, 4.69) is 31.0 Å². The number of ether oxygens (including phenoxy) is 1. The van der Waals surface area contributed by atoms with Gasteiger partial charge in [-0.05, 0) is 24.2 Å². The van der Waals surface area contributed by atoms with Crippen molar-refractivity contribution in [1.82, 2.24) is 10.2 Å². The molecule has 2 atom stereocenters. The first-order valence-electron chi connectivity index (χ1n) is 6.98. The highest BCUT2D eigenvalue weighted by atomic mass is 16.5. The average Bonchev–Trinajstić information content (AvgIpc) is 3.08. The third-order valence-electron chi connectivity index (χ3n) is 4.22. The molecular weight excluding hydrogens is 212 g/mol. The maximum Gasteiger partial charge on any atom is 0.0589 e. The van der Waals surface area contributed by atoms with Crippen molar-refractivity contribution >= 4 is 0 Å². The summed E-state index contributed by atoms with van der Waals surface area (Å²) < 4.78 is 5.25. The largest absolute Gasteiger partial charge is 0.383 e. The molecule has 0 bridgehead atoms. The smallest absolute Gasteiger partial charge is 0.0589 e. The van der Waals surface area contributed by atoms with Gasteiger partial charge in [-0.3, -0.25) is 4.90 Å². The second-order valence-electron chi connectivity index (χ2n) is 6.72. The third-order valence-corrected chi connectivity index (χ3v) is 4.22. The molecule has 0 radical (unpaired) electrons. The van der Waals surface area contributed by atoms with E-state index < -0.39 is 0 Å². The molecule has 2 fully saturated rings. The molecule has 2 rings (SSSR count). The van der Waals surface area contributed by atoms with E-state index in [1.807, 2.05) is 0 Å². The van der Waals surface area contributed by atoms with Crippen molar-refractivity contribution in [3.8, 4) is 0 Å². The van der Waals surface area contributed by atoms with Gasteiger partial charge < -0.3 is 10.1 Å². The summed E-state index contributed by atoms with van der Waals surface area (Å²) in [6.07, 6.45) is 2.85. The molecule has 3 heteroatoms. The molecule has 0 aromatic carbocycles. The zero-order valence-corrected chi connectivity index (χ0v) is 11.8. The van der Waals surface area contributed by atoms with Crippen LogP contribution in [-0.2, 0) is 4.74 Å². The van der Waals surface area contributed by atoms with Crippen LogP contribution < -0.4 is 5.32 Å². The summed E-state index contributed by atoms with van der Waals surface area (Å²) in [6, 6.07) is 1.36. The van der Waals surface area contributed by atoms with Crippen LogP contribution in [0.3, 0.4) is 0 Å². The van der Waals surface area contributed by atoms with E-state index in [0.717, 1.165) is 31.7 Å². The van der Waals surface area contributed by atoms with Gasteiger partial charge in [0, 0.05) is 38.8 Å². The standard InChI is InChI=1S/C14H28N2O/c1-14(2,3)13-9-15-12(11-5-6-11)10-16(13)7-8-17-4/h11-13,15H,5-10H2,1-4H3. The van der Waals surface area contributed by atoms with Crippen molar-refractivity contribution in [2.24, 2.45) is 11.3 Å². The number of rotatable bonds is 4. The second kappa shape index (κ2) is 5.25. The summed E-state index contributed by atoms with van der Waals surface area (Å²) >= 11 is 0. The van der Waals surface area contributed by atoms with E-state index in [1.54, 1.807) is 7.11 Å². The molecule has 0 amide bonds. The number of piperazine rings is 1. The first-order chi connectivity index (χ1) is 8.02. The molecule has 1 saturated carbocycles. The van der Waals surface area contributed by atoms with E-state index in [1.165, 1.54) is 19.4 Å². The van der Waals surface area contributed by atoms with Gasteiger partial charge in [0.2, 0.25) is 0 Å². The van der Waals surface area contributed by atoms with E-state index in [-0.39, 0.29) is 0 Å². The lowest BCUT2D eigenvalue weighted by molar-refractivity contribution is 0.0310. The van der Waals surface area contributed by atoms with Crippen LogP contribution in [0.2, 0.25) is 0 Å². The zero-order valence-electron chi connectivity index (χ0n) is 11.8. The Balaban J connectivity index is 1.95. The number of nitrogens with zero attached hydrogens (tertiary/aromatic N) is 1. The van der Waals surface area contributed by atoms with Crippen molar-refractivity contribution in [1.29, 1.82) is 0 Å². The number of methoxy groups -OCH3 is 1. The van der Waals surface area contributed by atoms with Gasteiger partial charge in [0.05, 0.1) is 6.61 Å². The number of nitrogens with one attached hydrogen (secondary N) is 1. The van der Waals surface area contributed by atoms with Gasteiger partial charge in [-0.2, -0.15) is 0 Å². The van der Waals surface area contributed by atoms with E-state index in [9.17, 15) is 0 Å². The summed E-state index contributed by atoms with van der Waals surface area (Å²) in [5.74, 6) is 0.945. The van der Waals surface area contributed by atoms with Gasteiger partial charge in [0.25, 0.3) is 0 Å². The molecule has 0 aromatic rings. The minimum absolute atomic E-state index is 0.343. The molecule has 2 aliphatic rings. The molecule has 17 heavy (non-hydrogen) atoms. The third kappa shape index (κ3) is 3.43. The lowest BCUT2D eigenvalue weighted by Gasteiger charge is -2.46. The fourth-order valence-electron chi connectivity index (χ4n) is 2.96. The Bertz CT molecular complexity index is 245. The molecule has 3 nitrogen and oxygen atoms in total. The average molecular weight is 240 g/mol. The molecule has 0 aromatic heterocycles. The van der Waals surface area contributed by atoms with E-state index in [0.29, 0.717) is 11.5 Å². The number of hydrogen-bond acceptors (Lipinski definition) is 3. The Morgan fingerprint density at radius 2 is 2.00 bits per heavy atom. The lowest BCUT2D eigenvalue weighted by atomic mass is 9.83. The van der Waals surface area contributed by atoms with Crippen LogP contribution in [0.4, 0.5) is 0 Å². The van der Waals surface area contributed by atoms with Gasteiger partial charge >= 0.3 is 0 Å². The zero-order chi connectivity index (χ0) is 12.5. The van der Waals surface area contributed by atoms with Crippen LogP contribution in [0.5, 0.6) is 0 Å². The molecule has 1 N–H and O–H groups in total. The SMILES string of the molecule is COCCN1CC(C2CC2)NCC1C(C)(C)C. The van der Waals surface area contributed by atoms with Gasteiger partial charge in [-0.25, -0.2) is 0 Å². The highest BCUT2D eigenvalue weighted by Crippen LogP contribution is 2.36. The Kier molecular flexibility index (Phi) is 4.11. The number of hydrogen-bond donors (Lipinski definition) is 1. The predicted octanol–water partition coefficient (Wildman–Crippen LogP) is 1.73. The maximum atomic E-state index is 5.25. The van der Waals surface area contributed by atoms with Gasteiger partial charge in [-0.15, -0.1) is 0 Å². The summed E-state index contributed by atoms with van der Waals surface area (Å²) in [4.78, 5) is 2.64. The Labute approximate surface area is 106 Å². The minimum Gasteiger partial charge on any atom is -0.383 e. The monoisotopic (exact) mass is 240 g/mol. The van der Waals surface area contributed by atoms with Gasteiger partial charge in [-0.1, -0.05) is 20.8 Å². The summed E-state index contributed by atoms with van der Waals surface area (Å²) in [5, 5.41) is 3.76. The van der Waals surface area contributed by atoms with Gasteiger partial charge in [0.1, 0.15) is 0 Å². The summed E-state index contributed by atoms with van der Waals surface area (Å²) in [6.45, 7) is 11.3. The Morgan fingerprint density at radius 1 is 1.29 bits per heavy atom. The fraction of sp³-hybridized carbons (Fsp3) is 1.00. The maximum absolute atomic E-state index is 5.25. The minimum atomic E-state index is 0.343. The first kappa shape index (κ1) is 13.3. The van der Waals surface area contributed by atoms with Crippen molar-refractivity contribution in [3.63, 3.8) is 0 Å². The van der Waals surface area contributed by atoms with Crippen LogP contribution >= 0.6 is 0 Å². The Hall–Kier alpha value is -0.120. The molecule has 0 spiro atoms. The van der Waals surface area contributed by atoms with Crippen LogP contribution in [0, 0.1) is 11.3 Å². The van der Waals surface area contributed by atoms with Crippen LogP contribution in [0.15, 0.2) is 0 Å². The molecule has 100 valence electrons. The van der Waals surface area contributed by atoms with E-state index >= 15 is 0 Å². The van der Waals surface area contributed by atoms with Crippen LogP contribution in [0.1, 0.15) is 33.6 Å². The van der Waals surface area contributed by atoms with Crippen molar-refractivity contribution < 1.29 is 4.74 Å². The predicted molar refractivity (Wildman–Crippen MR) is 71.2 cm³/mol. The molecule has 2 unspecified atom stereocenters. The van der Waals surface area contributed by atoms with E-state index in [4.69, 9.17) is 4.74 Å². The molecule has 1 saturated heterocycles. The topological polar surface area (TPSA) is 24.5 Å². The Morgan fingerprint density at radius 3 is 2.53 bits per heavy atom. The lowest BCUT2D eigenvalue weighted by Crippen LogP contribution is -2.61. The molecule has 1 heterocycles. The normalized spacial score (nSPS) is 31.8. The first-order valence-corrected chi connectivity index (χ1v) is 6.98. The highest BCUT2D eigenvalue weighted by molar-refractivity contribution is 4.97. The van der Waals surface area contributed by atoms with Crippen molar-refractivity contribution in [3.05, 3.63) is 0 Å². The van der Waals surface area contributed by atoms with Crippen LogP contribution in [-0.4, -0.2) is 50.3 Å². The second-order valence-corrected chi connectivity index (χ2v) is 6.72. The molecular formula is C14H28N2O. The summed E-state index contributed by atoms with van der Waals surface area (Å²) in [7, 11) is 1.80. The molecule has 1 aliphatic heterocycles.